The van der Waals surface area contributed by atoms with Crippen molar-refractivity contribution in [2.45, 2.75) is 63.3 Å². The van der Waals surface area contributed by atoms with Crippen molar-refractivity contribution < 1.29 is 28.5 Å². The van der Waals surface area contributed by atoms with Crippen LogP contribution < -0.4 is 15.5 Å². The normalized spacial score (nSPS) is 28.3. The van der Waals surface area contributed by atoms with Crippen LogP contribution in [-0.2, 0) is 5.60 Å². The minimum atomic E-state index is -4.39. The molecular formula is C28H30F3N5O3S. The van der Waals surface area contributed by atoms with Crippen LogP contribution in [0.2, 0.25) is 0 Å². The Hall–Kier alpha value is -2.93. The van der Waals surface area contributed by atoms with Gasteiger partial charge in [0.25, 0.3) is 0 Å². The molecule has 0 radical (unpaired) electrons. The maximum atomic E-state index is 13.4. The number of anilines is 3. The second kappa shape index (κ2) is 9.04. The number of aromatic nitrogens is 1. The summed E-state index contributed by atoms with van der Waals surface area (Å²) in [7, 11) is 0. The minimum Gasteiger partial charge on any atom is -0.383 e. The van der Waals surface area contributed by atoms with Crippen molar-refractivity contribution in [3.63, 3.8) is 0 Å². The van der Waals surface area contributed by atoms with E-state index < -0.39 is 23.6 Å². The SMILES string of the molecule is CC(O)(c1ncc(-c2cc(NC3=NC=CC(C(F)(F)F)=C4CC34)cc3c2N2CC2N3)s1)C1CCC(C(O)O)CC1. The van der Waals surface area contributed by atoms with Crippen LogP contribution in [0.15, 0.2) is 46.7 Å². The van der Waals surface area contributed by atoms with Crippen molar-refractivity contribution in [3.05, 3.63) is 46.8 Å². The summed E-state index contributed by atoms with van der Waals surface area (Å²) < 4.78 is 40.2. The molecule has 5 aliphatic rings. The first-order chi connectivity index (χ1) is 19.0. The van der Waals surface area contributed by atoms with E-state index in [1.807, 2.05) is 12.1 Å². The van der Waals surface area contributed by atoms with Gasteiger partial charge in [0.2, 0.25) is 0 Å². The van der Waals surface area contributed by atoms with Gasteiger partial charge in [0, 0.05) is 35.5 Å². The number of amidine groups is 1. The Morgan fingerprint density at radius 1 is 1.18 bits per heavy atom. The van der Waals surface area contributed by atoms with Gasteiger partial charge in [0.05, 0.1) is 28.4 Å². The zero-order valence-electron chi connectivity index (χ0n) is 21.7. The van der Waals surface area contributed by atoms with Crippen LogP contribution in [0, 0.1) is 17.8 Å². The average molecular weight is 574 g/mol. The van der Waals surface area contributed by atoms with Crippen molar-refractivity contribution in [1.29, 1.82) is 0 Å². The van der Waals surface area contributed by atoms with Gasteiger partial charge < -0.3 is 30.9 Å². The third-order valence-electron chi connectivity index (χ3n) is 8.92. The Balaban J connectivity index is 1.16. The number of benzene rings is 1. The molecule has 3 unspecified atom stereocenters. The number of halogens is 3. The Kier molecular flexibility index (Phi) is 5.87. The lowest BCUT2D eigenvalue weighted by Gasteiger charge is -2.37. The number of nitrogens with zero attached hydrogens (tertiary/aromatic N) is 3. The van der Waals surface area contributed by atoms with E-state index in [1.165, 1.54) is 17.5 Å². The van der Waals surface area contributed by atoms with E-state index in [9.17, 15) is 28.5 Å². The molecule has 4 heterocycles. The topological polar surface area (TPSA) is 113 Å². The number of hydrogen-bond acceptors (Lipinski definition) is 9. The molecular weight excluding hydrogens is 543 g/mol. The van der Waals surface area contributed by atoms with Crippen LogP contribution >= 0.6 is 11.3 Å². The molecule has 1 aromatic carbocycles. The van der Waals surface area contributed by atoms with Gasteiger partial charge in [-0.15, -0.1) is 11.3 Å². The standard InChI is InChI=1S/C28H30F3N5O3S/c1-27(39,14-4-2-13(3-5-14)25(37)38)26-33-11-21(40-26)18-8-15(9-20-23(18)36-12-22(36)35-20)34-24-17-10-16(17)19(6-7-32-24)28(29,30)31/h6-9,11,13-14,17,22,25,35,37-39H,2-5,10,12H2,1H3,(H,32,34). The highest BCUT2D eigenvalue weighted by atomic mass is 32.1. The monoisotopic (exact) mass is 573 g/mol. The molecule has 5 N–H and O–H groups in total. The van der Waals surface area contributed by atoms with Crippen molar-refractivity contribution in [1.82, 2.24) is 4.98 Å². The first kappa shape index (κ1) is 26.0. The molecule has 7 rings (SSSR count). The molecule has 8 nitrogen and oxygen atoms in total. The zero-order chi connectivity index (χ0) is 28.0. The van der Waals surface area contributed by atoms with E-state index in [-0.39, 0.29) is 23.9 Å². The average Bonchev–Trinajstić information content (AvgIpc) is 3.77. The van der Waals surface area contributed by atoms with Crippen LogP contribution in [0.4, 0.5) is 30.2 Å². The van der Waals surface area contributed by atoms with E-state index >= 15 is 0 Å². The molecule has 3 atom stereocenters. The Bertz CT molecular complexity index is 1460. The number of thiazole rings is 1. The number of rotatable bonds is 5. The van der Waals surface area contributed by atoms with Crippen LogP contribution in [0.3, 0.4) is 0 Å². The molecule has 0 spiro atoms. The van der Waals surface area contributed by atoms with Gasteiger partial charge in [-0.05, 0) is 68.7 Å². The Labute approximate surface area is 233 Å². The molecule has 12 heteroatoms. The van der Waals surface area contributed by atoms with E-state index in [1.54, 1.807) is 13.1 Å². The Morgan fingerprint density at radius 3 is 2.67 bits per heavy atom. The van der Waals surface area contributed by atoms with Gasteiger partial charge in [-0.3, -0.25) is 0 Å². The minimum absolute atomic E-state index is 0.0397. The van der Waals surface area contributed by atoms with Crippen LogP contribution in [0.25, 0.3) is 10.4 Å². The van der Waals surface area contributed by atoms with E-state index in [0.29, 0.717) is 48.5 Å². The third-order valence-corrected chi connectivity index (χ3v) is 10.2. The van der Waals surface area contributed by atoms with Gasteiger partial charge in [-0.1, -0.05) is 0 Å². The quantitative estimate of drug-likeness (QED) is 0.255. The fourth-order valence-corrected chi connectivity index (χ4v) is 7.50. The lowest BCUT2D eigenvalue weighted by atomic mass is 9.74. The fraction of sp³-hybridized carbons (Fsp3) is 0.500. The van der Waals surface area contributed by atoms with Crippen molar-refractivity contribution >= 4 is 34.2 Å². The summed E-state index contributed by atoms with van der Waals surface area (Å²) in [5.74, 6) is -0.0836. The van der Waals surface area contributed by atoms with Crippen LogP contribution in [0.5, 0.6) is 0 Å². The van der Waals surface area contributed by atoms with Gasteiger partial charge in [-0.25, -0.2) is 9.98 Å². The first-order valence-corrected chi connectivity index (χ1v) is 14.4. The molecule has 0 bridgehead atoms. The van der Waals surface area contributed by atoms with Crippen LogP contribution in [-0.4, -0.2) is 51.3 Å². The molecule has 40 heavy (non-hydrogen) atoms. The maximum absolute atomic E-state index is 13.4. The van der Waals surface area contributed by atoms with Gasteiger partial charge >= 0.3 is 6.18 Å². The highest BCUT2D eigenvalue weighted by Crippen LogP contribution is 2.53. The van der Waals surface area contributed by atoms with Crippen molar-refractivity contribution in [3.8, 4) is 10.4 Å². The lowest BCUT2D eigenvalue weighted by Crippen LogP contribution is -2.36. The second-order valence-corrected chi connectivity index (χ2v) is 12.6. The molecule has 1 saturated heterocycles. The smallest absolute Gasteiger partial charge is 0.383 e. The molecule has 0 amide bonds. The predicted octanol–water partition coefficient (Wildman–Crippen LogP) is 4.92. The molecule has 2 aliphatic carbocycles. The van der Waals surface area contributed by atoms with Crippen molar-refractivity contribution in [2.24, 2.45) is 22.7 Å². The maximum Gasteiger partial charge on any atom is 0.416 e. The highest BCUT2D eigenvalue weighted by Gasteiger charge is 2.47. The van der Waals surface area contributed by atoms with Gasteiger partial charge in [0.15, 0.2) is 6.29 Å². The summed E-state index contributed by atoms with van der Waals surface area (Å²) >= 11 is 1.43. The largest absolute Gasteiger partial charge is 0.416 e. The van der Waals surface area contributed by atoms with E-state index in [2.05, 4.69) is 25.5 Å². The molecule has 212 valence electrons. The van der Waals surface area contributed by atoms with E-state index in [0.717, 1.165) is 40.1 Å². The summed E-state index contributed by atoms with van der Waals surface area (Å²) in [6.07, 6.45) is 1.52. The number of allylic oxidation sites excluding steroid dienone is 2. The number of hydrogen-bond donors (Lipinski definition) is 5. The van der Waals surface area contributed by atoms with Crippen LogP contribution in [0.1, 0.15) is 44.0 Å². The predicted molar refractivity (Wildman–Crippen MR) is 147 cm³/mol. The van der Waals surface area contributed by atoms with Gasteiger partial charge in [0.1, 0.15) is 22.6 Å². The summed E-state index contributed by atoms with van der Waals surface area (Å²) in [5.41, 5.74) is 2.25. The summed E-state index contributed by atoms with van der Waals surface area (Å²) in [6, 6.07) is 3.94. The van der Waals surface area contributed by atoms with Crippen molar-refractivity contribution in [2.75, 3.05) is 22.1 Å². The number of aliphatic hydroxyl groups excluding tert-OH is 1. The first-order valence-electron chi connectivity index (χ1n) is 13.6. The molecule has 2 aromatic rings. The molecule has 3 fully saturated rings. The summed E-state index contributed by atoms with van der Waals surface area (Å²) in [6.45, 7) is 2.68. The Morgan fingerprint density at radius 2 is 1.95 bits per heavy atom. The summed E-state index contributed by atoms with van der Waals surface area (Å²) in [4.78, 5) is 12.1. The number of nitrogens with one attached hydrogen (secondary N) is 2. The number of fused-ring (bicyclic) bond motifs is 4. The second-order valence-electron chi connectivity index (χ2n) is 11.6. The fourth-order valence-electron chi connectivity index (χ4n) is 6.44. The number of aliphatic hydroxyl groups is 3. The summed E-state index contributed by atoms with van der Waals surface area (Å²) in [5, 5.41) is 38.0. The third kappa shape index (κ3) is 4.41. The molecule has 2 saturated carbocycles. The lowest BCUT2D eigenvalue weighted by molar-refractivity contribution is -0.108. The van der Waals surface area contributed by atoms with Gasteiger partial charge in [-0.2, -0.15) is 13.2 Å². The molecule has 1 aromatic heterocycles. The number of aliphatic imine (C=N–C) groups is 1. The highest BCUT2D eigenvalue weighted by molar-refractivity contribution is 7.15. The molecule has 3 aliphatic heterocycles. The number of alkyl halides is 3. The van der Waals surface area contributed by atoms with E-state index in [4.69, 9.17) is 0 Å². The zero-order valence-corrected chi connectivity index (χ0v) is 22.6.